The van der Waals surface area contributed by atoms with Crippen molar-refractivity contribution >= 4 is 17.2 Å². The first-order chi connectivity index (χ1) is 14.0. The van der Waals surface area contributed by atoms with E-state index in [1.807, 2.05) is 6.92 Å². The molecule has 4 rings (SSSR count). The van der Waals surface area contributed by atoms with Crippen molar-refractivity contribution in [2.45, 2.75) is 32.7 Å². The summed E-state index contributed by atoms with van der Waals surface area (Å²) >= 11 is 0. The Morgan fingerprint density at radius 3 is 2.55 bits per heavy atom. The number of anilines is 1. The van der Waals surface area contributed by atoms with Crippen molar-refractivity contribution < 1.29 is 9.53 Å². The number of benzene rings is 1. The summed E-state index contributed by atoms with van der Waals surface area (Å²) in [6.07, 6.45) is 1.52. The Morgan fingerprint density at radius 1 is 1.14 bits per heavy atom. The number of ether oxygens (including phenoxy) is 1. The van der Waals surface area contributed by atoms with Gasteiger partial charge in [0.1, 0.15) is 12.0 Å². The summed E-state index contributed by atoms with van der Waals surface area (Å²) in [6.45, 7) is 9.42. The van der Waals surface area contributed by atoms with Gasteiger partial charge < -0.3 is 15.0 Å². The first-order valence-electron chi connectivity index (χ1n) is 9.97. The minimum absolute atomic E-state index is 0.137. The molecule has 0 aliphatic carbocycles. The van der Waals surface area contributed by atoms with Crippen LogP contribution in [0.15, 0.2) is 36.7 Å². The predicted octanol–water partition coefficient (Wildman–Crippen LogP) is 2.58. The summed E-state index contributed by atoms with van der Waals surface area (Å²) in [5, 5.41) is 15.4. The Hall–Kier alpha value is -3.00. The number of fused-ring (bicyclic) bond motifs is 1. The quantitative estimate of drug-likeness (QED) is 0.716. The lowest BCUT2D eigenvalue weighted by Gasteiger charge is -2.29. The maximum atomic E-state index is 12.8. The molecule has 1 aliphatic heterocycles. The molecule has 0 saturated carbocycles. The largest absolute Gasteiger partial charge is 0.378 e. The molecule has 2 aromatic heterocycles. The minimum atomic E-state index is -0.216. The Kier molecular flexibility index (Phi) is 5.44. The molecule has 8 nitrogen and oxygen atoms in total. The number of aromatic nitrogens is 4. The van der Waals surface area contributed by atoms with Crippen LogP contribution in [-0.2, 0) is 4.74 Å². The number of carbonyl (C=O) groups is 1. The van der Waals surface area contributed by atoms with Crippen molar-refractivity contribution in [2.24, 2.45) is 0 Å². The molecule has 29 heavy (non-hydrogen) atoms. The van der Waals surface area contributed by atoms with Crippen molar-refractivity contribution in [1.29, 1.82) is 0 Å². The molecule has 8 heteroatoms. The van der Waals surface area contributed by atoms with E-state index in [1.165, 1.54) is 12.0 Å². The predicted molar refractivity (Wildman–Crippen MR) is 110 cm³/mol. The molecule has 0 unspecified atom stereocenters. The zero-order chi connectivity index (χ0) is 20.4. The second kappa shape index (κ2) is 8.16. The van der Waals surface area contributed by atoms with Gasteiger partial charge in [-0.25, -0.2) is 0 Å². The Balaban J connectivity index is 1.48. The monoisotopic (exact) mass is 394 g/mol. The van der Waals surface area contributed by atoms with E-state index in [0.29, 0.717) is 11.3 Å². The van der Waals surface area contributed by atoms with Gasteiger partial charge in [-0.1, -0.05) is 26.0 Å². The highest BCUT2D eigenvalue weighted by Crippen LogP contribution is 2.22. The molecule has 1 atom stereocenters. The van der Waals surface area contributed by atoms with Crippen LogP contribution < -0.4 is 10.2 Å². The van der Waals surface area contributed by atoms with E-state index < -0.39 is 0 Å². The summed E-state index contributed by atoms with van der Waals surface area (Å²) in [7, 11) is 0. The molecule has 3 aromatic rings. The first-order valence-corrected chi connectivity index (χ1v) is 9.97. The standard InChI is InChI=1S/C21H26N6O2/c1-14(2)18-12-19(25-27-13-22-24-20(18)27)21(28)23-15(3)16-4-6-17(7-5-16)26-8-10-29-11-9-26/h4-7,12-15H,8-11H2,1-3H3,(H,23,28)/t15-/m0/s1. The van der Waals surface area contributed by atoms with Gasteiger partial charge in [0, 0.05) is 24.3 Å². The van der Waals surface area contributed by atoms with Crippen LogP contribution in [0, 0.1) is 0 Å². The topological polar surface area (TPSA) is 84.7 Å². The summed E-state index contributed by atoms with van der Waals surface area (Å²) < 4.78 is 6.97. The zero-order valence-electron chi connectivity index (χ0n) is 17.0. The van der Waals surface area contributed by atoms with Crippen LogP contribution >= 0.6 is 0 Å². The average molecular weight is 394 g/mol. The summed E-state index contributed by atoms with van der Waals surface area (Å²) in [6, 6.07) is 9.99. The Labute approximate surface area is 169 Å². The molecule has 1 aliphatic rings. The molecule has 1 fully saturated rings. The fourth-order valence-electron chi connectivity index (χ4n) is 3.54. The molecule has 152 valence electrons. The number of rotatable bonds is 5. The average Bonchev–Trinajstić information content (AvgIpc) is 3.22. The van der Waals surface area contributed by atoms with Gasteiger partial charge in [0.2, 0.25) is 0 Å². The SMILES string of the molecule is CC(C)c1cc(C(=O)N[C@@H](C)c2ccc(N3CCOCC3)cc2)nn2cnnc12. The van der Waals surface area contributed by atoms with Crippen molar-refractivity contribution in [1.82, 2.24) is 25.1 Å². The fraction of sp³-hybridized carbons (Fsp3) is 0.429. The summed E-state index contributed by atoms with van der Waals surface area (Å²) in [4.78, 5) is 15.1. The van der Waals surface area contributed by atoms with E-state index in [-0.39, 0.29) is 17.9 Å². The molecule has 1 aromatic carbocycles. The lowest BCUT2D eigenvalue weighted by molar-refractivity contribution is 0.0933. The third-order valence-electron chi connectivity index (χ3n) is 5.27. The third-order valence-corrected chi connectivity index (χ3v) is 5.27. The number of carbonyl (C=O) groups excluding carboxylic acids is 1. The van der Waals surface area contributed by atoms with Gasteiger partial charge in [0.15, 0.2) is 5.65 Å². The smallest absolute Gasteiger partial charge is 0.272 e. The van der Waals surface area contributed by atoms with Crippen LogP contribution in [0.1, 0.15) is 54.3 Å². The van der Waals surface area contributed by atoms with Gasteiger partial charge in [-0.3, -0.25) is 4.79 Å². The number of nitrogens with one attached hydrogen (secondary N) is 1. The van der Waals surface area contributed by atoms with Gasteiger partial charge in [-0.05, 0) is 36.6 Å². The van der Waals surface area contributed by atoms with Crippen molar-refractivity contribution in [3.05, 3.63) is 53.5 Å². The van der Waals surface area contributed by atoms with E-state index in [4.69, 9.17) is 4.74 Å². The minimum Gasteiger partial charge on any atom is -0.378 e. The highest BCUT2D eigenvalue weighted by Gasteiger charge is 2.18. The second-order valence-electron chi connectivity index (χ2n) is 7.62. The van der Waals surface area contributed by atoms with E-state index in [9.17, 15) is 4.79 Å². The van der Waals surface area contributed by atoms with Gasteiger partial charge in [-0.2, -0.15) is 9.61 Å². The van der Waals surface area contributed by atoms with Crippen LogP contribution in [0.25, 0.3) is 5.65 Å². The van der Waals surface area contributed by atoms with Crippen molar-refractivity contribution in [2.75, 3.05) is 31.2 Å². The highest BCUT2D eigenvalue weighted by molar-refractivity contribution is 5.93. The highest BCUT2D eigenvalue weighted by atomic mass is 16.5. The van der Waals surface area contributed by atoms with Gasteiger partial charge >= 0.3 is 0 Å². The third kappa shape index (κ3) is 4.07. The van der Waals surface area contributed by atoms with E-state index in [0.717, 1.165) is 37.4 Å². The van der Waals surface area contributed by atoms with Crippen molar-refractivity contribution in [3.8, 4) is 0 Å². The van der Waals surface area contributed by atoms with E-state index >= 15 is 0 Å². The molecule has 1 amide bonds. The lowest BCUT2D eigenvalue weighted by atomic mass is 10.0. The number of morpholine rings is 1. The molecule has 1 N–H and O–H groups in total. The van der Waals surface area contributed by atoms with Crippen LogP contribution in [-0.4, -0.2) is 52.0 Å². The lowest BCUT2D eigenvalue weighted by Crippen LogP contribution is -2.36. The first kappa shape index (κ1) is 19.3. The van der Waals surface area contributed by atoms with Crippen LogP contribution in [0.3, 0.4) is 0 Å². The fourth-order valence-corrected chi connectivity index (χ4v) is 3.54. The molecule has 0 spiro atoms. The number of hydrogen-bond acceptors (Lipinski definition) is 6. The van der Waals surface area contributed by atoms with Crippen LogP contribution in [0.4, 0.5) is 5.69 Å². The molecule has 0 radical (unpaired) electrons. The van der Waals surface area contributed by atoms with Gasteiger partial charge in [0.05, 0.1) is 19.3 Å². The second-order valence-corrected chi connectivity index (χ2v) is 7.62. The van der Waals surface area contributed by atoms with Crippen LogP contribution in [0.2, 0.25) is 0 Å². The zero-order valence-corrected chi connectivity index (χ0v) is 17.0. The van der Waals surface area contributed by atoms with E-state index in [1.54, 1.807) is 10.6 Å². The normalized spacial score (nSPS) is 15.7. The number of amides is 1. The molecule has 0 bridgehead atoms. The molecule has 1 saturated heterocycles. The molecular formula is C21H26N6O2. The van der Waals surface area contributed by atoms with Gasteiger partial charge in [-0.15, -0.1) is 10.2 Å². The molecule has 3 heterocycles. The number of hydrogen-bond donors (Lipinski definition) is 1. The van der Waals surface area contributed by atoms with Gasteiger partial charge in [0.25, 0.3) is 5.91 Å². The number of nitrogens with zero attached hydrogens (tertiary/aromatic N) is 5. The van der Waals surface area contributed by atoms with Crippen molar-refractivity contribution in [3.63, 3.8) is 0 Å². The Bertz CT molecular complexity index is 992. The maximum absolute atomic E-state index is 12.8. The maximum Gasteiger partial charge on any atom is 0.272 e. The summed E-state index contributed by atoms with van der Waals surface area (Å²) in [5.74, 6) is -0.00587. The Morgan fingerprint density at radius 2 is 1.86 bits per heavy atom. The van der Waals surface area contributed by atoms with E-state index in [2.05, 4.69) is 63.6 Å². The summed E-state index contributed by atoms with van der Waals surface area (Å²) in [5.41, 5.74) is 4.22. The van der Waals surface area contributed by atoms with Crippen LogP contribution in [0.5, 0.6) is 0 Å². The molecular weight excluding hydrogens is 368 g/mol.